The zero-order valence-electron chi connectivity index (χ0n) is 12.1. The lowest BCUT2D eigenvalue weighted by Crippen LogP contribution is -2.37. The van der Waals surface area contributed by atoms with E-state index in [2.05, 4.69) is 46.3 Å². The number of thiophene rings is 1. The Kier molecular flexibility index (Phi) is 11.3. The first kappa shape index (κ1) is 18.7. The van der Waals surface area contributed by atoms with Crippen molar-refractivity contribution >= 4 is 41.3 Å². The first-order chi connectivity index (χ1) is 8.72. The summed E-state index contributed by atoms with van der Waals surface area (Å²) in [5.74, 6) is 1.70. The summed E-state index contributed by atoms with van der Waals surface area (Å²) in [5, 5.41) is 10.9. The number of nitrogens with one attached hydrogen (secondary N) is 2. The summed E-state index contributed by atoms with van der Waals surface area (Å²) < 4.78 is 0. The van der Waals surface area contributed by atoms with Crippen LogP contribution in [0.4, 0.5) is 0 Å². The summed E-state index contributed by atoms with van der Waals surface area (Å²) in [6.07, 6.45) is 3.80. The Labute approximate surface area is 138 Å². The second-order valence-electron chi connectivity index (χ2n) is 4.87. The van der Waals surface area contributed by atoms with Gasteiger partial charge in [-0.1, -0.05) is 26.7 Å². The van der Waals surface area contributed by atoms with Crippen LogP contribution in [-0.2, 0) is 6.54 Å². The van der Waals surface area contributed by atoms with E-state index in [1.807, 2.05) is 7.05 Å². The zero-order valence-corrected chi connectivity index (χ0v) is 15.3. The second-order valence-corrected chi connectivity index (χ2v) is 5.65. The molecule has 19 heavy (non-hydrogen) atoms. The predicted molar refractivity (Wildman–Crippen MR) is 96.6 cm³/mol. The summed E-state index contributed by atoms with van der Waals surface area (Å²) in [6.45, 7) is 6.38. The molecule has 0 fully saturated rings. The van der Waals surface area contributed by atoms with Crippen molar-refractivity contribution in [1.29, 1.82) is 0 Å². The number of hydrogen-bond acceptors (Lipinski definition) is 2. The van der Waals surface area contributed by atoms with Crippen molar-refractivity contribution < 1.29 is 0 Å². The van der Waals surface area contributed by atoms with Gasteiger partial charge in [0, 0.05) is 20.1 Å². The number of aliphatic imine (C=N–C) groups is 1. The van der Waals surface area contributed by atoms with E-state index in [1.54, 1.807) is 11.3 Å². The Morgan fingerprint density at radius 2 is 2.11 bits per heavy atom. The first-order valence-corrected chi connectivity index (χ1v) is 7.62. The summed E-state index contributed by atoms with van der Waals surface area (Å²) in [5.41, 5.74) is 1.31. The standard InChI is InChI=1S/C14H25N3S.HI/c1-12(2)6-4-5-8-16-14(15-3)17-10-13-7-9-18-11-13;/h7,9,11-12H,4-6,8,10H2,1-3H3,(H2,15,16,17);1H. The first-order valence-electron chi connectivity index (χ1n) is 6.68. The molecular formula is C14H26IN3S. The van der Waals surface area contributed by atoms with Crippen LogP contribution in [-0.4, -0.2) is 19.6 Å². The predicted octanol–water partition coefficient (Wildman–Crippen LogP) is 3.86. The van der Waals surface area contributed by atoms with Gasteiger partial charge in [-0.15, -0.1) is 24.0 Å². The van der Waals surface area contributed by atoms with E-state index in [0.717, 1.165) is 25.0 Å². The molecule has 3 nitrogen and oxygen atoms in total. The van der Waals surface area contributed by atoms with E-state index >= 15 is 0 Å². The SMILES string of the molecule is CN=C(NCCCCC(C)C)NCc1ccsc1.I. The third kappa shape index (κ3) is 9.27. The molecule has 0 aromatic carbocycles. The number of halogens is 1. The molecule has 5 heteroatoms. The van der Waals surface area contributed by atoms with E-state index in [4.69, 9.17) is 0 Å². The maximum atomic E-state index is 4.22. The Bertz CT molecular complexity index is 336. The highest BCUT2D eigenvalue weighted by Gasteiger charge is 1.98. The number of hydrogen-bond donors (Lipinski definition) is 2. The van der Waals surface area contributed by atoms with Crippen LogP contribution in [0, 0.1) is 5.92 Å². The van der Waals surface area contributed by atoms with Crippen molar-refractivity contribution in [3.05, 3.63) is 22.4 Å². The Balaban J connectivity index is 0.00000324. The molecule has 0 saturated carbocycles. The minimum Gasteiger partial charge on any atom is -0.356 e. The molecule has 1 aromatic heterocycles. The monoisotopic (exact) mass is 395 g/mol. The molecule has 1 rings (SSSR count). The average molecular weight is 395 g/mol. The zero-order chi connectivity index (χ0) is 13.2. The van der Waals surface area contributed by atoms with Gasteiger partial charge in [0.15, 0.2) is 5.96 Å². The topological polar surface area (TPSA) is 36.4 Å². The van der Waals surface area contributed by atoms with Crippen molar-refractivity contribution in [2.45, 2.75) is 39.7 Å². The summed E-state index contributed by atoms with van der Waals surface area (Å²) >= 11 is 1.73. The van der Waals surface area contributed by atoms with Crippen LogP contribution < -0.4 is 10.6 Å². The molecule has 1 heterocycles. The van der Waals surface area contributed by atoms with Gasteiger partial charge in [0.2, 0.25) is 0 Å². The van der Waals surface area contributed by atoms with E-state index < -0.39 is 0 Å². The van der Waals surface area contributed by atoms with Crippen LogP contribution in [0.2, 0.25) is 0 Å². The number of guanidine groups is 1. The van der Waals surface area contributed by atoms with Crippen LogP contribution in [0.1, 0.15) is 38.7 Å². The maximum Gasteiger partial charge on any atom is 0.191 e. The van der Waals surface area contributed by atoms with Gasteiger partial charge in [0.05, 0.1) is 0 Å². The fourth-order valence-electron chi connectivity index (χ4n) is 1.68. The molecule has 0 atom stereocenters. The number of unbranched alkanes of at least 4 members (excludes halogenated alkanes) is 1. The summed E-state index contributed by atoms with van der Waals surface area (Å²) in [6, 6.07) is 2.13. The van der Waals surface area contributed by atoms with Crippen molar-refractivity contribution in [2.75, 3.05) is 13.6 Å². The highest BCUT2D eigenvalue weighted by molar-refractivity contribution is 14.0. The molecule has 0 aliphatic carbocycles. The summed E-state index contributed by atoms with van der Waals surface area (Å²) in [7, 11) is 1.82. The fourth-order valence-corrected chi connectivity index (χ4v) is 2.35. The largest absolute Gasteiger partial charge is 0.356 e. The average Bonchev–Trinajstić information content (AvgIpc) is 2.85. The smallest absolute Gasteiger partial charge is 0.191 e. The normalized spacial score (nSPS) is 11.3. The Morgan fingerprint density at radius 1 is 1.32 bits per heavy atom. The third-order valence-corrected chi connectivity index (χ3v) is 3.50. The van der Waals surface area contributed by atoms with Crippen molar-refractivity contribution in [3.63, 3.8) is 0 Å². The van der Waals surface area contributed by atoms with Gasteiger partial charge in [-0.25, -0.2) is 0 Å². The molecular weight excluding hydrogens is 369 g/mol. The molecule has 110 valence electrons. The molecule has 1 aromatic rings. The Hall–Kier alpha value is -0.300. The van der Waals surface area contributed by atoms with Crippen LogP contribution >= 0.6 is 35.3 Å². The minimum absolute atomic E-state index is 0. The number of rotatable bonds is 7. The van der Waals surface area contributed by atoms with Gasteiger partial charge in [-0.2, -0.15) is 11.3 Å². The molecule has 0 bridgehead atoms. The van der Waals surface area contributed by atoms with Crippen molar-refractivity contribution in [1.82, 2.24) is 10.6 Å². The van der Waals surface area contributed by atoms with E-state index in [0.29, 0.717) is 0 Å². The molecule has 0 spiro atoms. The van der Waals surface area contributed by atoms with Crippen LogP contribution in [0.15, 0.2) is 21.8 Å². The fraction of sp³-hybridized carbons (Fsp3) is 0.643. The lowest BCUT2D eigenvalue weighted by Gasteiger charge is -2.11. The van der Waals surface area contributed by atoms with E-state index in [9.17, 15) is 0 Å². The molecule has 0 aliphatic heterocycles. The third-order valence-electron chi connectivity index (χ3n) is 2.76. The van der Waals surface area contributed by atoms with Gasteiger partial charge in [0.1, 0.15) is 0 Å². The molecule has 0 saturated heterocycles. The highest BCUT2D eigenvalue weighted by atomic mass is 127. The van der Waals surface area contributed by atoms with Gasteiger partial charge in [-0.3, -0.25) is 4.99 Å². The van der Waals surface area contributed by atoms with E-state index in [1.165, 1.54) is 24.8 Å². The molecule has 0 unspecified atom stereocenters. The minimum atomic E-state index is 0. The number of nitrogens with zero attached hydrogens (tertiary/aromatic N) is 1. The van der Waals surface area contributed by atoms with Gasteiger partial charge < -0.3 is 10.6 Å². The summed E-state index contributed by atoms with van der Waals surface area (Å²) in [4.78, 5) is 4.22. The molecule has 0 aliphatic rings. The van der Waals surface area contributed by atoms with E-state index in [-0.39, 0.29) is 24.0 Å². The molecule has 0 radical (unpaired) electrons. The maximum absolute atomic E-state index is 4.22. The van der Waals surface area contributed by atoms with Gasteiger partial charge in [-0.05, 0) is 34.7 Å². The molecule has 0 amide bonds. The van der Waals surface area contributed by atoms with Crippen LogP contribution in [0.25, 0.3) is 0 Å². The highest BCUT2D eigenvalue weighted by Crippen LogP contribution is 2.05. The molecule has 2 N–H and O–H groups in total. The van der Waals surface area contributed by atoms with Crippen molar-refractivity contribution in [3.8, 4) is 0 Å². The lowest BCUT2D eigenvalue weighted by atomic mass is 10.1. The second kappa shape index (κ2) is 11.5. The van der Waals surface area contributed by atoms with Gasteiger partial charge >= 0.3 is 0 Å². The van der Waals surface area contributed by atoms with Crippen LogP contribution in [0.3, 0.4) is 0 Å². The van der Waals surface area contributed by atoms with Crippen LogP contribution in [0.5, 0.6) is 0 Å². The Morgan fingerprint density at radius 3 is 2.68 bits per heavy atom. The quantitative estimate of drug-likeness (QED) is 0.318. The lowest BCUT2D eigenvalue weighted by molar-refractivity contribution is 0.534. The van der Waals surface area contributed by atoms with Gasteiger partial charge in [0.25, 0.3) is 0 Å². The van der Waals surface area contributed by atoms with Crippen molar-refractivity contribution in [2.24, 2.45) is 10.9 Å².